The van der Waals surface area contributed by atoms with Gasteiger partial charge in [-0.05, 0) is 30.3 Å². The van der Waals surface area contributed by atoms with E-state index in [1.54, 1.807) is 36.9 Å². The summed E-state index contributed by atoms with van der Waals surface area (Å²) in [5.74, 6) is 0.0764. The maximum absolute atomic E-state index is 13.6. The fourth-order valence-corrected chi connectivity index (χ4v) is 4.44. The molecule has 0 aliphatic rings. The van der Waals surface area contributed by atoms with Crippen LogP contribution in [0.4, 0.5) is 4.39 Å². The molecular weight excluding hydrogens is 415 g/mol. The van der Waals surface area contributed by atoms with Crippen molar-refractivity contribution in [3.63, 3.8) is 0 Å². The molecule has 0 aromatic carbocycles. The number of pyridine rings is 3. The van der Waals surface area contributed by atoms with Crippen LogP contribution >= 0.6 is 11.3 Å². The van der Waals surface area contributed by atoms with Gasteiger partial charge < -0.3 is 10.1 Å². The number of aromatic amines is 2. The molecule has 6 aromatic rings. The van der Waals surface area contributed by atoms with Gasteiger partial charge in [0, 0.05) is 39.2 Å². The number of hydrogen-bond donors (Lipinski definition) is 3. The van der Waals surface area contributed by atoms with Crippen LogP contribution < -0.4 is 0 Å². The van der Waals surface area contributed by atoms with Crippen molar-refractivity contribution in [2.75, 3.05) is 0 Å². The summed E-state index contributed by atoms with van der Waals surface area (Å²) in [5, 5.41) is 18.8. The van der Waals surface area contributed by atoms with Crippen molar-refractivity contribution in [1.29, 1.82) is 0 Å². The Balaban J connectivity index is 1.51. The van der Waals surface area contributed by atoms with E-state index in [1.165, 1.54) is 12.3 Å². The molecule has 0 fully saturated rings. The molecule has 0 spiro atoms. The molecule has 0 unspecified atom stereocenters. The highest BCUT2D eigenvalue weighted by molar-refractivity contribution is 7.14. The molecule has 0 radical (unpaired) electrons. The summed E-state index contributed by atoms with van der Waals surface area (Å²) < 4.78 is 13.6. The quantitative estimate of drug-likeness (QED) is 0.362. The monoisotopic (exact) mass is 428 g/mol. The Morgan fingerprint density at radius 3 is 2.65 bits per heavy atom. The van der Waals surface area contributed by atoms with Gasteiger partial charge in [0.25, 0.3) is 0 Å². The van der Waals surface area contributed by atoms with Gasteiger partial charge in [0.2, 0.25) is 0 Å². The van der Waals surface area contributed by atoms with Crippen molar-refractivity contribution in [2.24, 2.45) is 0 Å². The van der Waals surface area contributed by atoms with E-state index >= 15 is 0 Å². The minimum atomic E-state index is -0.234. The van der Waals surface area contributed by atoms with Crippen molar-refractivity contribution in [3.05, 3.63) is 66.4 Å². The van der Waals surface area contributed by atoms with E-state index in [4.69, 9.17) is 0 Å². The van der Waals surface area contributed by atoms with Crippen molar-refractivity contribution < 1.29 is 9.50 Å². The second-order valence-electron chi connectivity index (χ2n) is 7.05. The first-order chi connectivity index (χ1) is 15.2. The zero-order valence-electron chi connectivity index (χ0n) is 15.8. The Bertz CT molecular complexity index is 1580. The second-order valence-corrected chi connectivity index (χ2v) is 8.09. The summed E-state index contributed by atoms with van der Waals surface area (Å²) >= 11 is 1.09. The molecule has 31 heavy (non-hydrogen) atoms. The van der Waals surface area contributed by atoms with Crippen LogP contribution in [0.2, 0.25) is 0 Å². The topological polar surface area (TPSA) is 103 Å². The second kappa shape index (κ2) is 6.71. The average molecular weight is 428 g/mol. The lowest BCUT2D eigenvalue weighted by atomic mass is 10.1. The summed E-state index contributed by atoms with van der Waals surface area (Å²) in [4.78, 5) is 17.0. The van der Waals surface area contributed by atoms with Crippen LogP contribution in [0.15, 0.2) is 61.3 Å². The molecule has 150 valence electrons. The normalized spacial score (nSPS) is 11.5. The van der Waals surface area contributed by atoms with E-state index in [0.717, 1.165) is 55.0 Å². The predicted octanol–water partition coefficient (Wildman–Crippen LogP) is 5.14. The minimum absolute atomic E-state index is 0.0764. The standard InChI is InChI=1S/C22H13FN6OS/c23-21-2-1-20(31-21)15-8-25-9-18-13(15)4-17(27-18)22-14-5-16(26-10-19(14)28-29-22)11-3-12(30)7-24-6-11/h1-10,27,30H,(H,28,29). The lowest BCUT2D eigenvalue weighted by molar-refractivity contribution is 0.473. The number of nitrogens with zero attached hydrogens (tertiary/aromatic N) is 4. The van der Waals surface area contributed by atoms with E-state index in [-0.39, 0.29) is 10.9 Å². The SMILES string of the molecule is Oc1cncc(-c2cc3c(-c4cc5c(-c6ccc(F)s6)cncc5[nH]4)n[nH]c3cn2)c1. The van der Waals surface area contributed by atoms with Gasteiger partial charge in [0.15, 0.2) is 5.13 Å². The van der Waals surface area contributed by atoms with Gasteiger partial charge in [-0.1, -0.05) is 0 Å². The third kappa shape index (κ3) is 2.94. The Morgan fingerprint density at radius 2 is 1.81 bits per heavy atom. The highest BCUT2D eigenvalue weighted by Crippen LogP contribution is 2.36. The van der Waals surface area contributed by atoms with Gasteiger partial charge in [-0.2, -0.15) is 9.49 Å². The van der Waals surface area contributed by atoms with Gasteiger partial charge in [0.1, 0.15) is 11.4 Å². The summed E-state index contributed by atoms with van der Waals surface area (Å²) in [5.41, 5.74) is 5.39. The van der Waals surface area contributed by atoms with Gasteiger partial charge >= 0.3 is 0 Å². The number of nitrogens with one attached hydrogen (secondary N) is 2. The number of thiophene rings is 1. The summed E-state index contributed by atoms with van der Waals surface area (Å²) in [6, 6.07) is 8.73. The molecule has 6 aromatic heterocycles. The highest BCUT2D eigenvalue weighted by Gasteiger charge is 2.16. The number of aromatic nitrogens is 6. The third-order valence-corrected chi connectivity index (χ3v) is 6.01. The highest BCUT2D eigenvalue weighted by atomic mass is 32.1. The van der Waals surface area contributed by atoms with Crippen LogP contribution in [-0.2, 0) is 0 Å². The van der Waals surface area contributed by atoms with Crippen LogP contribution in [0.25, 0.3) is 54.9 Å². The van der Waals surface area contributed by atoms with Gasteiger partial charge in [0.05, 0.1) is 41.0 Å². The van der Waals surface area contributed by atoms with Crippen molar-refractivity contribution >= 4 is 33.1 Å². The van der Waals surface area contributed by atoms with Gasteiger partial charge in [-0.15, -0.1) is 11.3 Å². The maximum atomic E-state index is 13.6. The minimum Gasteiger partial charge on any atom is -0.506 e. The van der Waals surface area contributed by atoms with E-state index in [0.29, 0.717) is 11.3 Å². The first-order valence-corrected chi connectivity index (χ1v) is 10.2. The fourth-order valence-electron chi connectivity index (χ4n) is 3.68. The Labute approximate surface area is 178 Å². The first-order valence-electron chi connectivity index (χ1n) is 9.37. The number of halogens is 1. The largest absolute Gasteiger partial charge is 0.506 e. The van der Waals surface area contributed by atoms with Crippen LogP contribution in [-0.4, -0.2) is 35.2 Å². The van der Waals surface area contributed by atoms with Crippen molar-refractivity contribution in [3.8, 4) is 38.8 Å². The van der Waals surface area contributed by atoms with Gasteiger partial charge in [-0.25, -0.2) is 0 Å². The molecule has 0 amide bonds. The summed E-state index contributed by atoms with van der Waals surface area (Å²) in [6.07, 6.45) is 8.21. The van der Waals surface area contributed by atoms with Crippen molar-refractivity contribution in [2.45, 2.75) is 0 Å². The molecule has 3 N–H and O–H groups in total. The summed E-state index contributed by atoms with van der Waals surface area (Å²) in [6.45, 7) is 0. The van der Waals surface area contributed by atoms with E-state index in [9.17, 15) is 9.50 Å². The number of H-pyrrole nitrogens is 2. The molecular formula is C22H13FN6OS. The summed E-state index contributed by atoms with van der Waals surface area (Å²) in [7, 11) is 0. The lowest BCUT2D eigenvalue weighted by Crippen LogP contribution is -1.85. The lowest BCUT2D eigenvalue weighted by Gasteiger charge is -2.01. The predicted molar refractivity (Wildman–Crippen MR) is 117 cm³/mol. The average Bonchev–Trinajstić information content (AvgIpc) is 3.50. The molecule has 0 aliphatic carbocycles. The number of rotatable bonds is 3. The Hall–Kier alpha value is -4.11. The van der Waals surface area contributed by atoms with Crippen LogP contribution in [0.3, 0.4) is 0 Å². The van der Waals surface area contributed by atoms with E-state index < -0.39 is 0 Å². The van der Waals surface area contributed by atoms with Gasteiger partial charge in [-0.3, -0.25) is 20.1 Å². The fraction of sp³-hybridized carbons (Fsp3) is 0. The molecule has 7 nitrogen and oxygen atoms in total. The molecule has 6 heterocycles. The number of hydrogen-bond acceptors (Lipinski definition) is 6. The Kier molecular flexibility index (Phi) is 3.84. The molecule has 0 aliphatic heterocycles. The molecule has 6 rings (SSSR count). The molecule has 9 heteroatoms. The zero-order chi connectivity index (χ0) is 20.9. The van der Waals surface area contributed by atoms with Crippen molar-refractivity contribution in [1.82, 2.24) is 30.1 Å². The van der Waals surface area contributed by atoms with Crippen LogP contribution in [0.5, 0.6) is 5.75 Å². The van der Waals surface area contributed by atoms with Crippen LogP contribution in [0, 0.1) is 5.13 Å². The molecule has 0 saturated heterocycles. The van der Waals surface area contributed by atoms with E-state index in [1.807, 2.05) is 12.1 Å². The molecule has 0 saturated carbocycles. The number of fused-ring (bicyclic) bond motifs is 2. The smallest absolute Gasteiger partial charge is 0.176 e. The Morgan fingerprint density at radius 1 is 0.903 bits per heavy atom. The number of aromatic hydroxyl groups is 1. The molecule has 0 atom stereocenters. The van der Waals surface area contributed by atoms with Crippen LogP contribution in [0.1, 0.15) is 0 Å². The maximum Gasteiger partial charge on any atom is 0.176 e. The zero-order valence-corrected chi connectivity index (χ0v) is 16.6. The third-order valence-electron chi connectivity index (χ3n) is 5.11. The first kappa shape index (κ1) is 17.7. The van der Waals surface area contributed by atoms with E-state index in [2.05, 4.69) is 30.1 Å². The molecule has 0 bridgehead atoms.